The molecule has 0 radical (unpaired) electrons. The number of hydrogen-bond donors (Lipinski definition) is 0. The molecule has 0 heterocycles. The van der Waals surface area contributed by atoms with Crippen molar-refractivity contribution in [2.75, 3.05) is 0 Å². The summed E-state index contributed by atoms with van der Waals surface area (Å²) >= 11 is 0. The van der Waals surface area contributed by atoms with Crippen LogP contribution in [0.15, 0.2) is 12.2 Å². The molecule has 0 N–H and O–H groups in total. The zero-order valence-electron chi connectivity index (χ0n) is 10.1. The molecular weight excluding hydrogens is 199 g/mol. The van der Waals surface area contributed by atoms with Gasteiger partial charge >= 0.3 is 29.6 Å². The zero-order valence-corrected chi connectivity index (χ0v) is 12.1. The van der Waals surface area contributed by atoms with E-state index in [4.69, 9.17) is 0 Å². The predicted molar refractivity (Wildman–Crippen MR) is 56.8 cm³/mol. The van der Waals surface area contributed by atoms with Gasteiger partial charge in [-0.1, -0.05) is 51.5 Å². The molecule has 0 aliphatic rings. The molecular formula is C12H21NaO2. The first-order valence-electron chi connectivity index (χ1n) is 5.65. The van der Waals surface area contributed by atoms with Gasteiger partial charge in [-0.25, -0.2) is 0 Å². The Labute approximate surface area is 115 Å². The topological polar surface area (TPSA) is 40.1 Å². The number of carbonyl (C=O) groups excluding carboxylic acids is 1. The van der Waals surface area contributed by atoms with E-state index in [0.29, 0.717) is 0 Å². The van der Waals surface area contributed by atoms with Crippen LogP contribution in [0.3, 0.4) is 0 Å². The number of unbranched alkanes of at least 4 members (excludes halogenated alkanes) is 7. The average molecular weight is 220 g/mol. The maximum atomic E-state index is 10.0. The van der Waals surface area contributed by atoms with E-state index < -0.39 is 5.97 Å². The van der Waals surface area contributed by atoms with Gasteiger partial charge in [0.1, 0.15) is 0 Å². The maximum Gasteiger partial charge on any atom is 1.00 e. The van der Waals surface area contributed by atoms with Gasteiger partial charge in [0.2, 0.25) is 0 Å². The van der Waals surface area contributed by atoms with Crippen LogP contribution >= 0.6 is 0 Å². The molecule has 3 heteroatoms. The van der Waals surface area contributed by atoms with E-state index in [2.05, 4.69) is 6.92 Å². The summed E-state index contributed by atoms with van der Waals surface area (Å²) in [4.78, 5) is 10.0. The summed E-state index contributed by atoms with van der Waals surface area (Å²) in [6.45, 7) is 2.21. The van der Waals surface area contributed by atoms with Crippen LogP contribution in [0.2, 0.25) is 0 Å². The largest absolute Gasteiger partial charge is 1.00 e. The van der Waals surface area contributed by atoms with Crippen LogP contribution in [0.4, 0.5) is 0 Å². The van der Waals surface area contributed by atoms with E-state index in [1.54, 1.807) is 6.08 Å². The van der Waals surface area contributed by atoms with E-state index >= 15 is 0 Å². The fraction of sp³-hybridized carbons (Fsp3) is 0.750. The number of carboxylic acid groups (broad SMARTS) is 1. The molecule has 0 rings (SSSR count). The second-order valence-corrected chi connectivity index (χ2v) is 3.63. The quantitative estimate of drug-likeness (QED) is 0.297. The molecule has 2 nitrogen and oxygen atoms in total. The first-order valence-corrected chi connectivity index (χ1v) is 5.65. The number of carboxylic acids is 1. The summed E-state index contributed by atoms with van der Waals surface area (Å²) in [7, 11) is 0. The Bertz CT molecular complexity index is 167. The second-order valence-electron chi connectivity index (χ2n) is 3.63. The first kappa shape index (κ1) is 17.6. The van der Waals surface area contributed by atoms with Crippen molar-refractivity contribution < 1.29 is 39.5 Å². The SMILES string of the molecule is CCCCCCCCCC=CC(=O)[O-].[Na+]. The molecule has 0 spiro atoms. The third-order valence-corrected chi connectivity index (χ3v) is 2.23. The van der Waals surface area contributed by atoms with Crippen molar-refractivity contribution in [3.63, 3.8) is 0 Å². The summed E-state index contributed by atoms with van der Waals surface area (Å²) in [5.74, 6) is -1.09. The Morgan fingerprint density at radius 3 is 2.13 bits per heavy atom. The predicted octanol–water partition coefficient (Wildman–Crippen LogP) is -0.563. The van der Waals surface area contributed by atoms with Crippen molar-refractivity contribution in [1.82, 2.24) is 0 Å². The van der Waals surface area contributed by atoms with Gasteiger partial charge in [0, 0.05) is 0 Å². The molecule has 0 saturated carbocycles. The monoisotopic (exact) mass is 220 g/mol. The minimum atomic E-state index is -1.09. The molecule has 0 saturated heterocycles. The van der Waals surface area contributed by atoms with E-state index in [-0.39, 0.29) is 29.6 Å². The van der Waals surface area contributed by atoms with E-state index in [9.17, 15) is 9.90 Å². The Morgan fingerprint density at radius 2 is 1.60 bits per heavy atom. The molecule has 0 aliphatic carbocycles. The van der Waals surface area contributed by atoms with Crippen molar-refractivity contribution in [2.24, 2.45) is 0 Å². The molecule has 0 aromatic rings. The fourth-order valence-corrected chi connectivity index (χ4v) is 1.40. The Balaban J connectivity index is 0. The zero-order chi connectivity index (χ0) is 10.6. The molecule has 15 heavy (non-hydrogen) atoms. The maximum absolute atomic E-state index is 10.0. The van der Waals surface area contributed by atoms with Crippen molar-refractivity contribution in [2.45, 2.75) is 58.3 Å². The van der Waals surface area contributed by atoms with Gasteiger partial charge in [0.05, 0.1) is 5.97 Å². The van der Waals surface area contributed by atoms with Crippen molar-refractivity contribution in [1.29, 1.82) is 0 Å². The van der Waals surface area contributed by atoms with Crippen LogP contribution in [0, 0.1) is 0 Å². The van der Waals surface area contributed by atoms with Crippen LogP contribution in [0.5, 0.6) is 0 Å². The minimum absolute atomic E-state index is 0. The van der Waals surface area contributed by atoms with Crippen LogP contribution in [0.25, 0.3) is 0 Å². The molecule has 0 unspecified atom stereocenters. The molecule has 0 bridgehead atoms. The summed E-state index contributed by atoms with van der Waals surface area (Å²) in [6, 6.07) is 0. The van der Waals surface area contributed by atoms with Crippen LogP contribution in [0.1, 0.15) is 58.3 Å². The van der Waals surface area contributed by atoms with Gasteiger partial charge < -0.3 is 9.90 Å². The molecule has 0 fully saturated rings. The number of carbonyl (C=O) groups is 1. The number of aliphatic carboxylic acids is 1. The average Bonchev–Trinajstić information content (AvgIpc) is 2.15. The molecule has 0 aromatic heterocycles. The van der Waals surface area contributed by atoms with Crippen LogP contribution < -0.4 is 34.7 Å². The Hall–Kier alpha value is 0.210. The van der Waals surface area contributed by atoms with Gasteiger partial charge in [-0.15, -0.1) is 0 Å². The summed E-state index contributed by atoms with van der Waals surface area (Å²) < 4.78 is 0. The molecule has 82 valence electrons. The molecule has 0 atom stereocenters. The number of allylic oxidation sites excluding steroid dienone is 1. The third-order valence-electron chi connectivity index (χ3n) is 2.23. The van der Waals surface area contributed by atoms with Gasteiger partial charge in [0.15, 0.2) is 0 Å². The smallest absolute Gasteiger partial charge is 0.545 e. The first-order chi connectivity index (χ1) is 6.77. The summed E-state index contributed by atoms with van der Waals surface area (Å²) in [5.41, 5.74) is 0. The second kappa shape index (κ2) is 14.2. The third kappa shape index (κ3) is 16.9. The van der Waals surface area contributed by atoms with Crippen molar-refractivity contribution in [3.05, 3.63) is 12.2 Å². The minimum Gasteiger partial charge on any atom is -0.545 e. The molecule has 0 amide bonds. The van der Waals surface area contributed by atoms with Crippen LogP contribution in [-0.4, -0.2) is 5.97 Å². The molecule has 0 aromatic carbocycles. The van der Waals surface area contributed by atoms with Gasteiger partial charge in [-0.3, -0.25) is 0 Å². The van der Waals surface area contributed by atoms with E-state index in [1.165, 1.54) is 38.5 Å². The van der Waals surface area contributed by atoms with Gasteiger partial charge in [-0.2, -0.15) is 0 Å². The number of hydrogen-bond acceptors (Lipinski definition) is 2. The Kier molecular flexibility index (Phi) is 16.7. The van der Waals surface area contributed by atoms with Crippen molar-refractivity contribution in [3.8, 4) is 0 Å². The summed E-state index contributed by atoms with van der Waals surface area (Å²) in [5, 5.41) is 10.0. The number of rotatable bonds is 9. The fourth-order valence-electron chi connectivity index (χ4n) is 1.40. The summed E-state index contributed by atoms with van der Waals surface area (Å²) in [6.07, 6.45) is 12.5. The normalized spacial score (nSPS) is 10.2. The van der Waals surface area contributed by atoms with E-state index in [1.807, 2.05) is 0 Å². The standard InChI is InChI=1S/C12H22O2.Na/c1-2-3-4-5-6-7-8-9-10-11-12(13)14;/h10-11H,2-9H2,1H3,(H,13,14);/q;+1/p-1. The van der Waals surface area contributed by atoms with Crippen molar-refractivity contribution >= 4 is 5.97 Å². The van der Waals surface area contributed by atoms with Gasteiger partial charge in [-0.05, 0) is 18.9 Å². The van der Waals surface area contributed by atoms with Crippen LogP contribution in [-0.2, 0) is 4.79 Å². The van der Waals surface area contributed by atoms with Gasteiger partial charge in [0.25, 0.3) is 0 Å². The van der Waals surface area contributed by atoms with E-state index in [0.717, 1.165) is 18.9 Å². The Morgan fingerprint density at radius 1 is 1.07 bits per heavy atom. The molecule has 0 aliphatic heterocycles.